The van der Waals surface area contributed by atoms with E-state index in [1.54, 1.807) is 25.2 Å². The minimum Gasteiger partial charge on any atom is -0.434 e. The molecule has 0 aliphatic carbocycles. The first-order valence-electron chi connectivity index (χ1n) is 9.31. The Bertz CT molecular complexity index is 778. The fourth-order valence-corrected chi connectivity index (χ4v) is 3.34. The third-order valence-corrected chi connectivity index (χ3v) is 4.73. The standard InChI is InChI=1S/C21H25F2N3O2.HI/c1-24-21(25-13-16-9-5-6-10-18(16)28-20(22)23)26-14-17-11-12-27-19(17)15-7-3-2-4-8-15;/h2-10,17,19-20H,11-14H2,1H3,(H2,24,25,26);1H. The van der Waals surface area contributed by atoms with Crippen molar-refractivity contribution >= 4 is 29.9 Å². The molecule has 1 saturated heterocycles. The van der Waals surface area contributed by atoms with E-state index in [1.165, 1.54) is 11.6 Å². The van der Waals surface area contributed by atoms with Gasteiger partial charge in [-0.3, -0.25) is 4.99 Å². The molecule has 1 heterocycles. The van der Waals surface area contributed by atoms with Gasteiger partial charge in [-0.25, -0.2) is 0 Å². The van der Waals surface area contributed by atoms with Gasteiger partial charge in [0.05, 0.1) is 6.10 Å². The number of nitrogens with zero attached hydrogens (tertiary/aromatic N) is 1. The van der Waals surface area contributed by atoms with Crippen LogP contribution < -0.4 is 15.4 Å². The van der Waals surface area contributed by atoms with Gasteiger partial charge in [0.2, 0.25) is 0 Å². The van der Waals surface area contributed by atoms with Gasteiger partial charge in [-0.1, -0.05) is 48.5 Å². The quantitative estimate of drug-likeness (QED) is 0.326. The highest BCUT2D eigenvalue weighted by molar-refractivity contribution is 14.0. The summed E-state index contributed by atoms with van der Waals surface area (Å²) in [5, 5.41) is 6.46. The topological polar surface area (TPSA) is 54.9 Å². The first-order valence-corrected chi connectivity index (χ1v) is 9.31. The highest BCUT2D eigenvalue weighted by Gasteiger charge is 2.29. The van der Waals surface area contributed by atoms with Crippen LogP contribution in [0.1, 0.15) is 23.7 Å². The molecule has 0 radical (unpaired) electrons. The molecule has 2 N–H and O–H groups in total. The molecule has 3 rings (SSSR count). The summed E-state index contributed by atoms with van der Waals surface area (Å²) in [6, 6.07) is 16.9. The number of aliphatic imine (C=N–C) groups is 1. The highest BCUT2D eigenvalue weighted by atomic mass is 127. The van der Waals surface area contributed by atoms with Crippen LogP contribution in [0.4, 0.5) is 8.78 Å². The van der Waals surface area contributed by atoms with Crippen molar-refractivity contribution in [2.75, 3.05) is 20.2 Å². The summed E-state index contributed by atoms with van der Waals surface area (Å²) in [6.45, 7) is -1.09. The van der Waals surface area contributed by atoms with Crippen LogP contribution in [0.2, 0.25) is 0 Å². The molecule has 158 valence electrons. The van der Waals surface area contributed by atoms with E-state index in [0.717, 1.165) is 13.0 Å². The summed E-state index contributed by atoms with van der Waals surface area (Å²) in [7, 11) is 1.68. The SMILES string of the molecule is CN=C(NCc1ccccc1OC(F)F)NCC1CCOC1c1ccccc1.I. The smallest absolute Gasteiger partial charge is 0.387 e. The Hall–Kier alpha value is -1.94. The van der Waals surface area contributed by atoms with Crippen molar-refractivity contribution in [1.29, 1.82) is 0 Å². The van der Waals surface area contributed by atoms with Gasteiger partial charge in [-0.2, -0.15) is 8.78 Å². The maximum atomic E-state index is 12.5. The fraction of sp³-hybridized carbons (Fsp3) is 0.381. The molecule has 0 amide bonds. The molecule has 1 aliphatic heterocycles. The lowest BCUT2D eigenvalue weighted by Gasteiger charge is -2.21. The minimum absolute atomic E-state index is 0. The molecule has 2 atom stereocenters. The molecule has 2 unspecified atom stereocenters. The van der Waals surface area contributed by atoms with E-state index >= 15 is 0 Å². The highest BCUT2D eigenvalue weighted by Crippen LogP contribution is 2.33. The van der Waals surface area contributed by atoms with Crippen LogP contribution in [0.5, 0.6) is 5.75 Å². The Morgan fingerprint density at radius 3 is 2.59 bits per heavy atom. The molecule has 0 spiro atoms. The predicted molar refractivity (Wildman–Crippen MR) is 120 cm³/mol. The van der Waals surface area contributed by atoms with Crippen molar-refractivity contribution in [3.8, 4) is 5.75 Å². The number of nitrogens with one attached hydrogen (secondary N) is 2. The third-order valence-electron chi connectivity index (χ3n) is 4.73. The molecule has 0 aromatic heterocycles. The van der Waals surface area contributed by atoms with Crippen LogP contribution in [-0.2, 0) is 11.3 Å². The average molecular weight is 517 g/mol. The summed E-state index contributed by atoms with van der Waals surface area (Å²) in [5.74, 6) is 1.09. The van der Waals surface area contributed by atoms with Gasteiger partial charge in [0.1, 0.15) is 5.75 Å². The third kappa shape index (κ3) is 6.81. The second-order valence-electron chi connectivity index (χ2n) is 6.54. The average Bonchev–Trinajstić information content (AvgIpc) is 3.18. The van der Waals surface area contributed by atoms with Crippen molar-refractivity contribution in [2.24, 2.45) is 10.9 Å². The molecule has 29 heavy (non-hydrogen) atoms. The van der Waals surface area contributed by atoms with Gasteiger partial charge >= 0.3 is 6.61 Å². The normalized spacial score (nSPS) is 19.0. The molecule has 5 nitrogen and oxygen atoms in total. The Balaban J connectivity index is 0.00000300. The Labute approximate surface area is 186 Å². The summed E-state index contributed by atoms with van der Waals surface area (Å²) < 4.78 is 35.6. The number of guanidine groups is 1. The number of halogens is 3. The number of hydrogen-bond acceptors (Lipinski definition) is 3. The number of ether oxygens (including phenoxy) is 2. The van der Waals surface area contributed by atoms with Crippen LogP contribution >= 0.6 is 24.0 Å². The molecule has 2 aromatic rings. The molecule has 0 saturated carbocycles. The molecule has 8 heteroatoms. The van der Waals surface area contributed by atoms with Gasteiger partial charge < -0.3 is 20.1 Å². The first-order chi connectivity index (χ1) is 13.7. The Morgan fingerprint density at radius 2 is 1.86 bits per heavy atom. The molecule has 0 bridgehead atoms. The number of hydrogen-bond donors (Lipinski definition) is 2. The summed E-state index contributed by atoms with van der Waals surface area (Å²) in [4.78, 5) is 4.22. The van der Waals surface area contributed by atoms with Crippen LogP contribution in [0.15, 0.2) is 59.6 Å². The van der Waals surface area contributed by atoms with Crippen molar-refractivity contribution in [3.63, 3.8) is 0 Å². The van der Waals surface area contributed by atoms with Gasteiger partial charge in [-0.15, -0.1) is 24.0 Å². The van der Waals surface area contributed by atoms with E-state index in [1.807, 2.05) is 18.2 Å². The number of benzene rings is 2. The van der Waals surface area contributed by atoms with E-state index in [-0.39, 0.29) is 35.8 Å². The van der Waals surface area contributed by atoms with Gasteiger partial charge in [0, 0.05) is 38.2 Å². The largest absolute Gasteiger partial charge is 0.434 e. The Morgan fingerprint density at radius 1 is 1.14 bits per heavy atom. The summed E-state index contributed by atoms with van der Waals surface area (Å²) in [6.07, 6.45) is 1.03. The zero-order chi connectivity index (χ0) is 19.8. The van der Waals surface area contributed by atoms with Crippen molar-refractivity contribution < 1.29 is 18.3 Å². The van der Waals surface area contributed by atoms with Gasteiger partial charge in [0.25, 0.3) is 0 Å². The zero-order valence-corrected chi connectivity index (χ0v) is 18.5. The predicted octanol–water partition coefficient (Wildman–Crippen LogP) is 4.35. The van der Waals surface area contributed by atoms with Gasteiger partial charge in [-0.05, 0) is 18.1 Å². The minimum atomic E-state index is -2.85. The Kier molecular flexibility index (Phi) is 9.59. The molecule has 2 aromatic carbocycles. The summed E-state index contributed by atoms with van der Waals surface area (Å²) >= 11 is 0. The van der Waals surface area contributed by atoms with E-state index in [4.69, 9.17) is 4.74 Å². The van der Waals surface area contributed by atoms with Gasteiger partial charge in [0.15, 0.2) is 5.96 Å². The van der Waals surface area contributed by atoms with E-state index in [2.05, 4.69) is 32.5 Å². The monoisotopic (exact) mass is 517 g/mol. The first kappa shape index (κ1) is 23.3. The lowest BCUT2D eigenvalue weighted by molar-refractivity contribution is -0.0504. The summed E-state index contributed by atoms with van der Waals surface area (Å²) in [5.41, 5.74) is 1.81. The second-order valence-corrected chi connectivity index (χ2v) is 6.54. The van der Waals surface area contributed by atoms with Crippen molar-refractivity contribution in [1.82, 2.24) is 10.6 Å². The number of rotatable bonds is 7. The van der Waals surface area contributed by atoms with Crippen LogP contribution in [0.3, 0.4) is 0 Å². The molecular formula is C21H26F2IN3O2. The molecule has 1 aliphatic rings. The second kappa shape index (κ2) is 11.9. The van der Waals surface area contributed by atoms with Crippen molar-refractivity contribution in [3.05, 3.63) is 65.7 Å². The maximum absolute atomic E-state index is 12.5. The fourth-order valence-electron chi connectivity index (χ4n) is 3.34. The van der Waals surface area contributed by atoms with Crippen LogP contribution in [0.25, 0.3) is 0 Å². The number of alkyl halides is 2. The van der Waals surface area contributed by atoms with Crippen LogP contribution in [-0.4, -0.2) is 32.8 Å². The number of para-hydroxylation sites is 1. The zero-order valence-electron chi connectivity index (χ0n) is 16.2. The van der Waals surface area contributed by atoms with Crippen molar-refractivity contribution in [2.45, 2.75) is 25.7 Å². The lowest BCUT2D eigenvalue weighted by Crippen LogP contribution is -2.40. The van der Waals surface area contributed by atoms with E-state index in [0.29, 0.717) is 30.5 Å². The molecular weight excluding hydrogens is 491 g/mol. The van der Waals surface area contributed by atoms with E-state index in [9.17, 15) is 8.78 Å². The molecule has 1 fully saturated rings. The van der Waals surface area contributed by atoms with E-state index < -0.39 is 6.61 Å². The van der Waals surface area contributed by atoms with Crippen LogP contribution in [0, 0.1) is 5.92 Å². The maximum Gasteiger partial charge on any atom is 0.387 e. The lowest BCUT2D eigenvalue weighted by atomic mass is 9.95.